The summed E-state index contributed by atoms with van der Waals surface area (Å²) in [6.07, 6.45) is 5.75. The third kappa shape index (κ3) is 1.82. The largest absolute Gasteiger partial charge is 0.251 e. The zero-order chi connectivity index (χ0) is 17.1. The SMILES string of the molecule is c1ccc2c(c1)c1cccnc1p2-p1c2ncccc2c2cccnc21. The van der Waals surface area contributed by atoms with E-state index in [1.54, 1.807) is 0 Å². The predicted octanol–water partition coefficient (Wildman–Crippen LogP) is 6.77. The Kier molecular flexibility index (Phi) is 2.99. The van der Waals surface area contributed by atoms with E-state index in [1.165, 1.54) is 42.4 Å². The smallest absolute Gasteiger partial charge is 0.0996 e. The van der Waals surface area contributed by atoms with Crippen LogP contribution in [0.25, 0.3) is 42.4 Å². The Balaban J connectivity index is 1.93. The number of rotatable bonds is 1. The zero-order valence-electron chi connectivity index (χ0n) is 13.7. The van der Waals surface area contributed by atoms with Crippen molar-refractivity contribution in [2.45, 2.75) is 0 Å². The first-order chi connectivity index (χ1) is 12.9. The monoisotopic (exact) mass is 369 g/mol. The van der Waals surface area contributed by atoms with E-state index >= 15 is 0 Å². The molecule has 0 fully saturated rings. The van der Waals surface area contributed by atoms with E-state index in [1.807, 2.05) is 36.8 Å². The van der Waals surface area contributed by atoms with Crippen LogP contribution in [0.4, 0.5) is 0 Å². The highest BCUT2D eigenvalue weighted by Crippen LogP contribution is 2.70. The lowest BCUT2D eigenvalue weighted by Gasteiger charge is -2.03. The van der Waals surface area contributed by atoms with Crippen molar-refractivity contribution in [3.8, 4) is 0 Å². The summed E-state index contributed by atoms with van der Waals surface area (Å²) in [5.74, 6) is 0. The second-order valence-corrected chi connectivity index (χ2v) is 11.7. The van der Waals surface area contributed by atoms with E-state index in [0.29, 0.717) is 0 Å². The molecule has 5 heterocycles. The minimum atomic E-state index is -0.671. The maximum atomic E-state index is 4.84. The van der Waals surface area contributed by atoms with Gasteiger partial charge in [-0.15, -0.1) is 0 Å². The second-order valence-electron chi connectivity index (χ2n) is 6.26. The Hall–Kier alpha value is -2.73. The fourth-order valence-corrected chi connectivity index (χ4v) is 11.8. The lowest BCUT2D eigenvalue weighted by Crippen LogP contribution is -1.69. The predicted molar refractivity (Wildman–Crippen MR) is 113 cm³/mol. The van der Waals surface area contributed by atoms with Crippen LogP contribution in [0, 0.1) is 0 Å². The summed E-state index contributed by atoms with van der Waals surface area (Å²) >= 11 is 0. The molecule has 6 rings (SSSR count). The average molecular weight is 369 g/mol. The first kappa shape index (κ1) is 14.4. The fourth-order valence-electron chi connectivity index (χ4n) is 3.82. The highest BCUT2D eigenvalue weighted by molar-refractivity contribution is 8.29. The maximum absolute atomic E-state index is 4.84. The Morgan fingerprint density at radius 3 is 1.54 bits per heavy atom. The maximum Gasteiger partial charge on any atom is 0.0996 e. The fraction of sp³-hybridized carbons (Fsp3) is 0. The van der Waals surface area contributed by atoms with E-state index in [0.717, 1.165) is 0 Å². The molecule has 5 heteroatoms. The van der Waals surface area contributed by atoms with Crippen molar-refractivity contribution in [3.63, 3.8) is 0 Å². The zero-order valence-corrected chi connectivity index (χ0v) is 15.5. The lowest BCUT2D eigenvalue weighted by atomic mass is 10.2. The van der Waals surface area contributed by atoms with Crippen LogP contribution in [0.5, 0.6) is 0 Å². The molecule has 1 unspecified atom stereocenters. The molecule has 0 radical (unpaired) electrons. The van der Waals surface area contributed by atoms with E-state index in [4.69, 9.17) is 15.0 Å². The van der Waals surface area contributed by atoms with Crippen molar-refractivity contribution in [2.75, 3.05) is 0 Å². The molecule has 6 aromatic rings. The van der Waals surface area contributed by atoms with Gasteiger partial charge in [0, 0.05) is 39.9 Å². The van der Waals surface area contributed by atoms with Gasteiger partial charge in [-0.25, -0.2) is 0 Å². The molecule has 0 saturated heterocycles. The summed E-state index contributed by atoms with van der Waals surface area (Å²) < 4.78 is 0. The van der Waals surface area contributed by atoms with Crippen LogP contribution >= 0.6 is 14.4 Å². The molecule has 26 heavy (non-hydrogen) atoms. The Labute approximate surface area is 151 Å². The van der Waals surface area contributed by atoms with Gasteiger partial charge in [-0.3, -0.25) is 15.0 Å². The average Bonchev–Trinajstić information content (AvgIpc) is 3.21. The van der Waals surface area contributed by atoms with Crippen molar-refractivity contribution in [1.82, 2.24) is 15.0 Å². The van der Waals surface area contributed by atoms with Gasteiger partial charge in [0.05, 0.1) is 15.7 Å². The van der Waals surface area contributed by atoms with E-state index in [2.05, 4.69) is 42.5 Å². The number of fused-ring (bicyclic) bond motifs is 6. The number of pyridine rings is 3. The van der Waals surface area contributed by atoms with Crippen LogP contribution in [0.1, 0.15) is 0 Å². The van der Waals surface area contributed by atoms with Gasteiger partial charge in [-0.2, -0.15) is 0 Å². The van der Waals surface area contributed by atoms with Crippen molar-refractivity contribution < 1.29 is 0 Å². The van der Waals surface area contributed by atoms with E-state index in [9.17, 15) is 0 Å². The van der Waals surface area contributed by atoms with Crippen LogP contribution in [0.15, 0.2) is 79.3 Å². The normalized spacial score (nSPS) is 12.5. The Bertz CT molecular complexity index is 1230. The van der Waals surface area contributed by atoms with Crippen molar-refractivity contribution in [3.05, 3.63) is 79.3 Å². The van der Waals surface area contributed by atoms with Gasteiger partial charge < -0.3 is 0 Å². The Morgan fingerprint density at radius 2 is 0.923 bits per heavy atom. The molecule has 1 aromatic carbocycles. The molecule has 5 aromatic heterocycles. The Morgan fingerprint density at radius 1 is 0.462 bits per heavy atom. The third-order valence-corrected chi connectivity index (χ3v) is 11.9. The molecule has 3 nitrogen and oxygen atoms in total. The lowest BCUT2D eigenvalue weighted by molar-refractivity contribution is 1.44. The van der Waals surface area contributed by atoms with Crippen LogP contribution < -0.4 is 0 Å². The molecule has 0 N–H and O–H groups in total. The van der Waals surface area contributed by atoms with Gasteiger partial charge >= 0.3 is 0 Å². The van der Waals surface area contributed by atoms with Crippen molar-refractivity contribution >= 4 is 56.9 Å². The quantitative estimate of drug-likeness (QED) is 0.321. The van der Waals surface area contributed by atoms with Crippen LogP contribution in [0.3, 0.4) is 0 Å². The van der Waals surface area contributed by atoms with Gasteiger partial charge in [0.15, 0.2) is 0 Å². The number of hydrogen-bond donors (Lipinski definition) is 0. The highest BCUT2D eigenvalue weighted by Gasteiger charge is 2.21. The topological polar surface area (TPSA) is 38.7 Å². The summed E-state index contributed by atoms with van der Waals surface area (Å²) in [7, 11) is -1.29. The molecule has 122 valence electrons. The second kappa shape index (κ2) is 5.38. The first-order valence-electron chi connectivity index (χ1n) is 8.48. The van der Waals surface area contributed by atoms with Crippen LogP contribution in [-0.4, -0.2) is 15.0 Å². The van der Waals surface area contributed by atoms with Crippen molar-refractivity contribution in [1.29, 1.82) is 0 Å². The molecule has 1 atom stereocenters. The summed E-state index contributed by atoms with van der Waals surface area (Å²) in [6, 6.07) is 21.4. The molecule has 0 bridgehead atoms. The molecule has 0 saturated carbocycles. The summed E-state index contributed by atoms with van der Waals surface area (Å²) in [5, 5.41) is 10.1. The number of benzene rings is 1. The van der Waals surface area contributed by atoms with E-state index < -0.39 is 14.4 Å². The number of aromatic nitrogens is 3. The summed E-state index contributed by atoms with van der Waals surface area (Å²) in [4.78, 5) is 14.5. The summed E-state index contributed by atoms with van der Waals surface area (Å²) in [5.41, 5.74) is 0. The molecule has 0 aliphatic heterocycles. The minimum absolute atomic E-state index is 0.622. The highest BCUT2D eigenvalue weighted by atomic mass is 32.0. The van der Waals surface area contributed by atoms with E-state index in [-0.39, 0.29) is 0 Å². The molecule has 0 amide bonds. The van der Waals surface area contributed by atoms with Gasteiger partial charge in [0.2, 0.25) is 0 Å². The van der Waals surface area contributed by atoms with Crippen LogP contribution in [-0.2, 0) is 0 Å². The molecular formula is C21H13N3P2. The first-order valence-corrected chi connectivity index (χ1v) is 11.9. The van der Waals surface area contributed by atoms with Crippen molar-refractivity contribution in [2.24, 2.45) is 0 Å². The standard InChI is InChI=1S/C21H13N3P2/c1-2-10-18-14(6-1)15-7-3-11-22-19(15)25(18)26-20-16(8-4-12-23-20)17-9-5-13-24-21(17)26/h1-13H. The van der Waals surface area contributed by atoms with Gasteiger partial charge in [-0.1, -0.05) is 36.4 Å². The number of nitrogens with zero attached hydrogens (tertiary/aromatic N) is 3. The minimum Gasteiger partial charge on any atom is -0.251 e. The molecule has 0 aliphatic carbocycles. The molecular weight excluding hydrogens is 356 g/mol. The van der Waals surface area contributed by atoms with Crippen LogP contribution in [0.2, 0.25) is 0 Å². The van der Waals surface area contributed by atoms with Gasteiger partial charge in [0.1, 0.15) is 0 Å². The number of hydrogen-bond acceptors (Lipinski definition) is 3. The third-order valence-electron chi connectivity index (χ3n) is 4.87. The molecule has 0 aliphatic rings. The van der Waals surface area contributed by atoms with Gasteiger partial charge in [0.25, 0.3) is 0 Å². The van der Waals surface area contributed by atoms with Gasteiger partial charge in [-0.05, 0) is 44.1 Å². The molecule has 0 spiro atoms. The summed E-state index contributed by atoms with van der Waals surface area (Å²) in [6.45, 7) is 0.